The second-order valence-electron chi connectivity index (χ2n) is 3.70. The highest BCUT2D eigenvalue weighted by atomic mass is 32.1. The van der Waals surface area contributed by atoms with Crippen molar-refractivity contribution in [2.45, 2.75) is 0 Å². The molecule has 0 aliphatic carbocycles. The zero-order valence-corrected chi connectivity index (χ0v) is 10.1. The molecule has 18 heavy (non-hydrogen) atoms. The van der Waals surface area contributed by atoms with Gasteiger partial charge in [0.1, 0.15) is 11.5 Å². The molecule has 2 aromatic heterocycles. The Morgan fingerprint density at radius 3 is 2.94 bits per heavy atom. The number of amides is 1. The van der Waals surface area contributed by atoms with Gasteiger partial charge in [-0.3, -0.25) is 9.78 Å². The van der Waals surface area contributed by atoms with E-state index in [1.165, 1.54) is 0 Å². The maximum Gasteiger partial charge on any atom is 0.275 e. The molecule has 1 aliphatic heterocycles. The Balaban J connectivity index is 1.95. The Morgan fingerprint density at radius 2 is 2.22 bits per heavy atom. The summed E-state index contributed by atoms with van der Waals surface area (Å²) >= 11 is 1.57. The number of aromatic nitrogens is 1. The van der Waals surface area contributed by atoms with Crippen molar-refractivity contribution in [1.29, 1.82) is 0 Å². The smallest absolute Gasteiger partial charge is 0.275 e. The highest BCUT2D eigenvalue weighted by molar-refractivity contribution is 7.10. The van der Waals surface area contributed by atoms with Crippen LogP contribution in [0.2, 0.25) is 0 Å². The maximum absolute atomic E-state index is 11.8. The Morgan fingerprint density at radius 1 is 1.28 bits per heavy atom. The molecule has 0 radical (unpaired) electrons. The number of hydrogen-bond acceptors (Lipinski definition) is 4. The molecule has 0 aromatic carbocycles. The largest absolute Gasteiger partial charge is 0.305 e. The third-order valence-electron chi connectivity index (χ3n) is 2.45. The average molecular weight is 255 g/mol. The van der Waals surface area contributed by atoms with Crippen LogP contribution >= 0.6 is 11.3 Å². The van der Waals surface area contributed by atoms with Crippen LogP contribution in [0.1, 0.15) is 10.4 Å². The molecule has 5 heteroatoms. The number of pyridine rings is 1. The fourth-order valence-electron chi connectivity index (χ4n) is 1.62. The Bertz CT molecular complexity index is 630. The molecule has 88 valence electrons. The SMILES string of the molecule is O=C1NC(c2cccnc2)=N/C1=C/c1cccs1. The quantitative estimate of drug-likeness (QED) is 0.835. The van der Waals surface area contributed by atoms with E-state index in [1.807, 2.05) is 29.6 Å². The highest BCUT2D eigenvalue weighted by Gasteiger charge is 2.21. The minimum Gasteiger partial charge on any atom is -0.305 e. The van der Waals surface area contributed by atoms with E-state index in [1.54, 1.807) is 29.8 Å². The van der Waals surface area contributed by atoms with E-state index in [2.05, 4.69) is 15.3 Å². The van der Waals surface area contributed by atoms with Crippen LogP contribution in [0.25, 0.3) is 6.08 Å². The first-order valence-electron chi connectivity index (χ1n) is 5.38. The molecule has 4 nitrogen and oxygen atoms in total. The van der Waals surface area contributed by atoms with Crippen molar-refractivity contribution < 1.29 is 4.79 Å². The third-order valence-corrected chi connectivity index (χ3v) is 3.27. The van der Waals surface area contributed by atoms with Gasteiger partial charge >= 0.3 is 0 Å². The number of carbonyl (C=O) groups is 1. The number of rotatable bonds is 2. The number of hydrogen-bond donors (Lipinski definition) is 1. The van der Waals surface area contributed by atoms with Crippen LogP contribution in [0.5, 0.6) is 0 Å². The standard InChI is InChI=1S/C13H9N3OS/c17-13-11(7-10-4-2-6-18-10)15-12(16-13)9-3-1-5-14-8-9/h1-8H,(H,15,16,17)/b11-7+. The number of thiophene rings is 1. The summed E-state index contributed by atoms with van der Waals surface area (Å²) in [7, 11) is 0. The molecule has 0 fully saturated rings. The summed E-state index contributed by atoms with van der Waals surface area (Å²) in [5.41, 5.74) is 1.23. The van der Waals surface area contributed by atoms with Gasteiger partial charge < -0.3 is 5.32 Å². The molecule has 0 atom stereocenters. The molecular weight excluding hydrogens is 246 g/mol. The fourth-order valence-corrected chi connectivity index (χ4v) is 2.27. The summed E-state index contributed by atoms with van der Waals surface area (Å²) in [6.45, 7) is 0. The van der Waals surface area contributed by atoms with E-state index in [-0.39, 0.29) is 5.91 Å². The summed E-state index contributed by atoms with van der Waals surface area (Å²) in [6.07, 6.45) is 5.14. The van der Waals surface area contributed by atoms with Crippen LogP contribution in [-0.2, 0) is 4.79 Å². The van der Waals surface area contributed by atoms with Crippen LogP contribution in [0.3, 0.4) is 0 Å². The first-order chi connectivity index (χ1) is 8.83. The van der Waals surface area contributed by atoms with Crippen molar-refractivity contribution in [2.24, 2.45) is 4.99 Å². The fraction of sp³-hybridized carbons (Fsp3) is 0. The van der Waals surface area contributed by atoms with Gasteiger partial charge in [-0.2, -0.15) is 0 Å². The van der Waals surface area contributed by atoms with Crippen molar-refractivity contribution in [3.63, 3.8) is 0 Å². The molecule has 0 bridgehead atoms. The predicted molar refractivity (Wildman–Crippen MR) is 71.2 cm³/mol. The Labute approximate surface area is 108 Å². The van der Waals surface area contributed by atoms with Crippen molar-refractivity contribution in [3.05, 3.63) is 58.2 Å². The molecule has 2 aromatic rings. The van der Waals surface area contributed by atoms with E-state index in [9.17, 15) is 4.79 Å². The third kappa shape index (κ3) is 2.08. The molecule has 1 N–H and O–H groups in total. The van der Waals surface area contributed by atoms with Gasteiger partial charge in [0.15, 0.2) is 0 Å². The molecule has 1 aliphatic rings. The molecule has 3 rings (SSSR count). The molecule has 1 amide bonds. The summed E-state index contributed by atoms with van der Waals surface area (Å²) < 4.78 is 0. The Kier molecular flexibility index (Phi) is 2.74. The monoisotopic (exact) mass is 255 g/mol. The van der Waals surface area contributed by atoms with Crippen LogP contribution < -0.4 is 5.32 Å². The van der Waals surface area contributed by atoms with Crippen molar-refractivity contribution in [3.8, 4) is 0 Å². The number of nitrogens with zero attached hydrogens (tertiary/aromatic N) is 2. The molecule has 3 heterocycles. The van der Waals surface area contributed by atoms with Gasteiger partial charge in [0.05, 0.1) is 0 Å². The second kappa shape index (κ2) is 4.54. The number of aliphatic imine (C=N–C) groups is 1. The van der Waals surface area contributed by atoms with Crippen LogP contribution in [0.4, 0.5) is 0 Å². The minimum absolute atomic E-state index is 0.178. The number of carbonyl (C=O) groups excluding carboxylic acids is 1. The van der Waals surface area contributed by atoms with E-state index in [0.717, 1.165) is 10.4 Å². The van der Waals surface area contributed by atoms with Crippen LogP contribution in [0, 0.1) is 0 Å². The van der Waals surface area contributed by atoms with Gasteiger partial charge in [-0.1, -0.05) is 6.07 Å². The van der Waals surface area contributed by atoms with Crippen LogP contribution in [0.15, 0.2) is 52.7 Å². The van der Waals surface area contributed by atoms with Gasteiger partial charge in [0.25, 0.3) is 5.91 Å². The summed E-state index contributed by atoms with van der Waals surface area (Å²) in [6, 6.07) is 7.56. The van der Waals surface area contributed by atoms with Crippen molar-refractivity contribution in [1.82, 2.24) is 10.3 Å². The molecule has 0 spiro atoms. The van der Waals surface area contributed by atoms with E-state index in [0.29, 0.717) is 11.5 Å². The lowest BCUT2D eigenvalue weighted by Gasteiger charge is -1.97. The highest BCUT2D eigenvalue weighted by Crippen LogP contribution is 2.17. The van der Waals surface area contributed by atoms with Gasteiger partial charge in [0.2, 0.25) is 0 Å². The molecular formula is C13H9N3OS. The summed E-state index contributed by atoms with van der Waals surface area (Å²) in [5, 5.41) is 4.70. The lowest BCUT2D eigenvalue weighted by atomic mass is 10.3. The summed E-state index contributed by atoms with van der Waals surface area (Å²) in [4.78, 5) is 21.1. The predicted octanol–water partition coefficient (Wildman–Crippen LogP) is 2.06. The zero-order valence-electron chi connectivity index (χ0n) is 9.33. The summed E-state index contributed by atoms with van der Waals surface area (Å²) in [5.74, 6) is 0.373. The van der Waals surface area contributed by atoms with E-state index < -0.39 is 0 Å². The maximum atomic E-state index is 11.8. The second-order valence-corrected chi connectivity index (χ2v) is 4.68. The lowest BCUT2D eigenvalue weighted by Crippen LogP contribution is -2.24. The van der Waals surface area contributed by atoms with E-state index in [4.69, 9.17) is 0 Å². The van der Waals surface area contributed by atoms with Gasteiger partial charge in [0, 0.05) is 22.8 Å². The first-order valence-corrected chi connectivity index (χ1v) is 6.26. The topological polar surface area (TPSA) is 54.4 Å². The van der Waals surface area contributed by atoms with Crippen molar-refractivity contribution in [2.75, 3.05) is 0 Å². The van der Waals surface area contributed by atoms with Crippen molar-refractivity contribution >= 4 is 29.2 Å². The normalized spacial score (nSPS) is 16.8. The Hall–Kier alpha value is -2.27. The number of nitrogens with one attached hydrogen (secondary N) is 1. The first kappa shape index (κ1) is 10.9. The van der Waals surface area contributed by atoms with Gasteiger partial charge in [-0.05, 0) is 29.7 Å². The van der Waals surface area contributed by atoms with Gasteiger partial charge in [-0.25, -0.2) is 4.99 Å². The minimum atomic E-state index is -0.178. The molecule has 0 unspecified atom stereocenters. The number of amidine groups is 1. The van der Waals surface area contributed by atoms with E-state index >= 15 is 0 Å². The van der Waals surface area contributed by atoms with Gasteiger partial charge in [-0.15, -0.1) is 11.3 Å². The zero-order chi connectivity index (χ0) is 12.4. The average Bonchev–Trinajstić information content (AvgIpc) is 3.02. The van der Waals surface area contributed by atoms with Crippen LogP contribution in [-0.4, -0.2) is 16.7 Å². The lowest BCUT2D eigenvalue weighted by molar-refractivity contribution is -0.115. The molecule has 0 saturated heterocycles. The molecule has 0 saturated carbocycles.